The molecule has 0 aromatic heterocycles. The summed E-state index contributed by atoms with van der Waals surface area (Å²) < 4.78 is 35.6. The first kappa shape index (κ1) is 61.3. The quantitative estimate of drug-likeness (QED) is 0.173. The van der Waals surface area contributed by atoms with E-state index in [1.807, 2.05) is 56.4 Å². The normalized spacial score (nSPS) is 45.3. The number of hydrogen-bond donors (Lipinski definition) is 12. The number of allylic oxidation sites excluding steroid dienone is 10. The molecule has 20 nitrogen and oxygen atoms in total. The maximum Gasteiger partial charge on any atom is 0.311 e. The molecular weight excluding hydrogens is 943 g/mol. The molecule has 72 heavy (non-hydrogen) atoms. The number of carbonyl (C=O) groups is 2. The van der Waals surface area contributed by atoms with Crippen LogP contribution in [0.5, 0.6) is 0 Å². The summed E-state index contributed by atoms with van der Waals surface area (Å²) in [5.41, 5.74) is 5.96. The highest BCUT2D eigenvalue weighted by molar-refractivity contribution is 5.71. The Morgan fingerprint density at radius 2 is 1.32 bits per heavy atom. The Kier molecular flexibility index (Phi) is 25.8. The number of carboxylic acids is 1. The van der Waals surface area contributed by atoms with Crippen molar-refractivity contribution < 1.29 is 94.2 Å². The molecule has 4 aliphatic rings. The number of cyclic esters (lactones) is 1. The number of carbonyl (C=O) groups excluding carboxylic acids is 1. The van der Waals surface area contributed by atoms with E-state index in [0.717, 1.165) is 12.8 Å². The minimum atomic E-state index is -2.19. The Morgan fingerprint density at radius 3 is 2.00 bits per heavy atom. The number of rotatable bonds is 5. The summed E-state index contributed by atoms with van der Waals surface area (Å²) in [5, 5.41) is 118. The molecule has 0 saturated carbocycles. The third kappa shape index (κ3) is 20.1. The van der Waals surface area contributed by atoms with Gasteiger partial charge in [-0.1, -0.05) is 86.8 Å². The number of hydrogen-bond acceptors (Lipinski definition) is 19. The Balaban J connectivity index is 1.52. The van der Waals surface area contributed by atoms with Gasteiger partial charge in [-0.15, -0.1) is 0 Å². The number of fused-ring (bicyclic) bond motifs is 2. The van der Waals surface area contributed by atoms with Crippen molar-refractivity contribution in [2.75, 3.05) is 6.61 Å². The van der Waals surface area contributed by atoms with Gasteiger partial charge in [-0.05, 0) is 58.8 Å². The number of aliphatic hydroxyl groups excluding tert-OH is 9. The monoisotopic (exact) mass is 1030 g/mol. The third-order valence-corrected chi connectivity index (χ3v) is 13.7. The highest BCUT2D eigenvalue weighted by Gasteiger charge is 2.50. The van der Waals surface area contributed by atoms with E-state index in [1.54, 1.807) is 44.2 Å². The summed E-state index contributed by atoms with van der Waals surface area (Å²) in [6, 6.07) is -1.11. The zero-order valence-electron chi connectivity index (χ0n) is 41.9. The second kappa shape index (κ2) is 30.3. The van der Waals surface area contributed by atoms with Gasteiger partial charge in [0, 0.05) is 37.5 Å². The number of ether oxygens (including phenoxy) is 6. The van der Waals surface area contributed by atoms with Crippen LogP contribution >= 0.6 is 0 Å². The average Bonchev–Trinajstić information content (AvgIpc) is 3.28. The minimum absolute atomic E-state index is 0.0346. The predicted octanol–water partition coefficient (Wildman–Crippen LogP) is 1.46. The Bertz CT molecular complexity index is 1800. The van der Waals surface area contributed by atoms with Crippen molar-refractivity contribution in [2.45, 2.75) is 215 Å². The van der Waals surface area contributed by atoms with Crippen molar-refractivity contribution in [3.8, 4) is 0 Å². The molecule has 20 heteroatoms. The van der Waals surface area contributed by atoms with Gasteiger partial charge in [0.1, 0.15) is 24.2 Å². The van der Waals surface area contributed by atoms with Crippen molar-refractivity contribution in [3.05, 3.63) is 72.9 Å². The molecule has 4 rings (SSSR count). The van der Waals surface area contributed by atoms with E-state index in [1.165, 1.54) is 0 Å². The van der Waals surface area contributed by atoms with Gasteiger partial charge in [-0.25, -0.2) is 0 Å². The summed E-state index contributed by atoms with van der Waals surface area (Å²) >= 11 is 0. The number of aliphatic carboxylic acids is 1. The minimum Gasteiger partial charge on any atom is -0.481 e. The average molecular weight is 1030 g/mol. The van der Waals surface area contributed by atoms with Crippen LogP contribution in [0.3, 0.4) is 0 Å². The van der Waals surface area contributed by atoms with Crippen LogP contribution in [0.4, 0.5) is 0 Å². The van der Waals surface area contributed by atoms with E-state index in [9.17, 15) is 65.8 Å². The summed E-state index contributed by atoms with van der Waals surface area (Å²) in [4.78, 5) is 25.5. The number of nitrogens with two attached hydrogens (primary N) is 1. The van der Waals surface area contributed by atoms with Crippen LogP contribution in [0.15, 0.2) is 72.9 Å². The Morgan fingerprint density at radius 1 is 0.694 bits per heavy atom. The summed E-state index contributed by atoms with van der Waals surface area (Å²) in [6.45, 7) is 6.89. The van der Waals surface area contributed by atoms with Crippen molar-refractivity contribution in [1.82, 2.24) is 0 Å². The fourth-order valence-electron chi connectivity index (χ4n) is 9.42. The molecule has 0 amide bonds. The molecule has 0 aromatic carbocycles. The highest BCUT2D eigenvalue weighted by Crippen LogP contribution is 2.38. The summed E-state index contributed by atoms with van der Waals surface area (Å²) in [6.07, 6.45) is 3.84. The standard InChI is InChI=1S/C52H83NO19/c1-30-18-15-13-11-9-7-5-6-8-10-12-14-16-21-38(70-51-48(63)46(53)41(60)29-67-51)25-42-45(50(64)65)40(59)28-52(66,72-42)27-35(55)20-17-19-34(54)22-36(56)23-37(57)24-43(61)68-32(3)31(2)49(30)71-44-26-39(58)47(62)33(4)69-44/h5-6,8,10-16,18,21,30-42,44-49,51,54-60,62-63,66H,7,9,17,19-20,22-29,53H2,1-4H3,(H,64,65)/b6-5+,10-8+,13-11+,14-12+,18-15+,21-16+/t30?,31?,32?,33-,34?,35?,36?,37?,38?,39+,40?,41+,42?,44?,45?,46-,47-,48+,49?,51-,52?/m0/s1. The van der Waals surface area contributed by atoms with Crippen molar-refractivity contribution in [3.63, 3.8) is 0 Å². The first-order valence-corrected chi connectivity index (χ1v) is 25.4. The van der Waals surface area contributed by atoms with E-state index in [0.29, 0.717) is 0 Å². The molecule has 0 aromatic rings. The molecule has 14 unspecified atom stereocenters. The van der Waals surface area contributed by atoms with Crippen LogP contribution in [0.2, 0.25) is 0 Å². The smallest absolute Gasteiger partial charge is 0.311 e. The van der Waals surface area contributed by atoms with Gasteiger partial charge in [0.15, 0.2) is 18.4 Å². The van der Waals surface area contributed by atoms with Crippen molar-refractivity contribution >= 4 is 11.9 Å². The van der Waals surface area contributed by atoms with Crippen LogP contribution in [0.25, 0.3) is 0 Å². The number of esters is 1. The second-order valence-electron chi connectivity index (χ2n) is 20.0. The molecule has 13 N–H and O–H groups in total. The molecule has 3 fully saturated rings. The lowest BCUT2D eigenvalue weighted by molar-refractivity contribution is -0.305. The second-order valence-corrected chi connectivity index (χ2v) is 20.0. The lowest BCUT2D eigenvalue weighted by atomic mass is 9.83. The topological polar surface area (TPSA) is 338 Å². The maximum atomic E-state index is 13.1. The van der Waals surface area contributed by atoms with E-state index in [-0.39, 0.29) is 57.5 Å². The van der Waals surface area contributed by atoms with Crippen molar-refractivity contribution in [1.29, 1.82) is 0 Å². The van der Waals surface area contributed by atoms with Crippen LogP contribution in [0.1, 0.15) is 105 Å². The van der Waals surface area contributed by atoms with Crippen LogP contribution in [0, 0.1) is 17.8 Å². The lowest BCUT2D eigenvalue weighted by Crippen LogP contribution is -2.59. The van der Waals surface area contributed by atoms with Gasteiger partial charge in [-0.3, -0.25) is 9.59 Å². The van der Waals surface area contributed by atoms with Crippen LogP contribution in [-0.4, -0.2) is 185 Å². The predicted molar refractivity (Wildman–Crippen MR) is 261 cm³/mol. The molecule has 2 bridgehead atoms. The highest BCUT2D eigenvalue weighted by atomic mass is 16.7. The molecule has 21 atom stereocenters. The zero-order valence-corrected chi connectivity index (χ0v) is 41.9. The molecule has 3 saturated heterocycles. The van der Waals surface area contributed by atoms with Crippen LogP contribution < -0.4 is 5.73 Å². The van der Waals surface area contributed by atoms with Gasteiger partial charge < -0.3 is 90.3 Å². The van der Waals surface area contributed by atoms with Crippen LogP contribution in [-0.2, 0) is 38.0 Å². The first-order valence-electron chi connectivity index (χ1n) is 25.4. The Hall–Kier alpha value is -3.26. The molecule has 0 aliphatic carbocycles. The van der Waals surface area contributed by atoms with Gasteiger partial charge >= 0.3 is 11.9 Å². The Labute approximate surface area is 422 Å². The summed E-state index contributed by atoms with van der Waals surface area (Å²) in [7, 11) is 0. The van der Waals surface area contributed by atoms with E-state index < -0.39 is 153 Å². The molecule has 4 aliphatic heterocycles. The lowest BCUT2D eigenvalue weighted by Gasteiger charge is -2.45. The first-order chi connectivity index (χ1) is 34.1. The van der Waals surface area contributed by atoms with Crippen molar-refractivity contribution in [2.24, 2.45) is 23.5 Å². The van der Waals surface area contributed by atoms with E-state index >= 15 is 0 Å². The van der Waals surface area contributed by atoms with E-state index in [4.69, 9.17) is 34.2 Å². The SMILES string of the molecule is CC1/C=C/C=C/CC/C=C/C=C/C=C/C=C/C(O[C@@H]2OC[C@@H](O)[C@H](N)[C@H]2O)CC2OC(O)(CC(O)CCCC(O)CC(O)CC(O)CC(=O)OC(C)C(C)C1OC1C[C@@H](O)[C@@H](O)[C@H](C)O1)CC(O)C2C(=O)O. The molecule has 0 spiro atoms. The third-order valence-electron chi connectivity index (χ3n) is 13.7. The van der Waals surface area contributed by atoms with Gasteiger partial charge in [0.25, 0.3) is 0 Å². The maximum absolute atomic E-state index is 13.1. The molecule has 4 heterocycles. The number of carboxylic acid groups (broad SMARTS) is 1. The molecule has 410 valence electrons. The van der Waals surface area contributed by atoms with Gasteiger partial charge in [0.05, 0.1) is 86.2 Å². The van der Waals surface area contributed by atoms with E-state index in [2.05, 4.69) is 0 Å². The van der Waals surface area contributed by atoms with Gasteiger partial charge in [-0.2, -0.15) is 0 Å². The molecule has 0 radical (unpaired) electrons. The fraction of sp³-hybridized carbons (Fsp3) is 0.731. The molecular formula is C52H83NO19. The largest absolute Gasteiger partial charge is 0.481 e. The zero-order chi connectivity index (χ0) is 53.1. The van der Waals surface area contributed by atoms with Gasteiger partial charge in [0.2, 0.25) is 0 Å². The fourth-order valence-corrected chi connectivity index (χ4v) is 9.42. The number of aliphatic hydroxyl groups is 10. The summed E-state index contributed by atoms with van der Waals surface area (Å²) in [5.74, 6) is -6.49.